The second kappa shape index (κ2) is 6.22. The highest BCUT2D eigenvalue weighted by Crippen LogP contribution is 2.15. The average Bonchev–Trinajstić information content (AvgIpc) is 2.51. The first-order valence-electron chi connectivity index (χ1n) is 4.77. The molecule has 0 aromatic rings. The van der Waals surface area contributed by atoms with Crippen LogP contribution in [0.15, 0.2) is 0 Å². The average molecular weight is 223 g/mol. The van der Waals surface area contributed by atoms with Crippen LogP contribution < -0.4 is 10.6 Å². The summed E-state index contributed by atoms with van der Waals surface area (Å²) in [6, 6.07) is -0.139. The van der Waals surface area contributed by atoms with E-state index < -0.39 is 0 Å². The second-order valence-electron chi connectivity index (χ2n) is 3.83. The second-order valence-corrected chi connectivity index (χ2v) is 3.83. The van der Waals surface area contributed by atoms with Crippen LogP contribution in [0.1, 0.15) is 13.8 Å². The summed E-state index contributed by atoms with van der Waals surface area (Å²) in [7, 11) is 0. The van der Waals surface area contributed by atoms with Gasteiger partial charge in [0.1, 0.15) is 0 Å². The Morgan fingerprint density at radius 1 is 1.64 bits per heavy atom. The minimum absolute atomic E-state index is 0. The van der Waals surface area contributed by atoms with Crippen LogP contribution >= 0.6 is 12.4 Å². The van der Waals surface area contributed by atoms with Gasteiger partial charge in [0.25, 0.3) is 0 Å². The minimum atomic E-state index is -0.139. The van der Waals surface area contributed by atoms with Gasteiger partial charge in [0.2, 0.25) is 5.91 Å². The fraction of sp³-hybridized carbons (Fsp3) is 0.889. The van der Waals surface area contributed by atoms with Crippen molar-refractivity contribution in [1.29, 1.82) is 0 Å². The van der Waals surface area contributed by atoms with Gasteiger partial charge < -0.3 is 15.7 Å². The van der Waals surface area contributed by atoms with Crippen LogP contribution in [-0.4, -0.2) is 36.8 Å². The van der Waals surface area contributed by atoms with E-state index in [1.807, 2.05) is 0 Å². The molecular formula is C9H19ClN2O2. The lowest BCUT2D eigenvalue weighted by atomic mass is 9.97. The number of aliphatic hydroxyl groups excluding tert-OH is 1. The fourth-order valence-corrected chi connectivity index (χ4v) is 1.56. The largest absolute Gasteiger partial charge is 0.394 e. The molecule has 1 heterocycles. The molecule has 1 fully saturated rings. The number of rotatable bonds is 3. The van der Waals surface area contributed by atoms with E-state index in [9.17, 15) is 4.79 Å². The van der Waals surface area contributed by atoms with E-state index in [2.05, 4.69) is 17.6 Å². The maximum atomic E-state index is 11.6. The highest BCUT2D eigenvalue weighted by Gasteiger charge is 2.29. The molecule has 1 aliphatic rings. The molecule has 4 nitrogen and oxygen atoms in total. The molecule has 0 aromatic carbocycles. The first-order valence-corrected chi connectivity index (χ1v) is 4.77. The summed E-state index contributed by atoms with van der Waals surface area (Å²) in [5, 5.41) is 14.7. The van der Waals surface area contributed by atoms with Gasteiger partial charge >= 0.3 is 0 Å². The van der Waals surface area contributed by atoms with Crippen LogP contribution in [0.25, 0.3) is 0 Å². The summed E-state index contributed by atoms with van der Waals surface area (Å²) in [4.78, 5) is 11.6. The summed E-state index contributed by atoms with van der Waals surface area (Å²) in [6.45, 7) is 5.52. The molecule has 0 saturated carbocycles. The minimum Gasteiger partial charge on any atom is -0.394 e. The van der Waals surface area contributed by atoms with Crippen LogP contribution in [0.2, 0.25) is 0 Å². The Morgan fingerprint density at radius 3 is 2.71 bits per heavy atom. The van der Waals surface area contributed by atoms with Gasteiger partial charge in [-0.1, -0.05) is 6.92 Å². The Bertz CT molecular complexity index is 190. The van der Waals surface area contributed by atoms with Crippen molar-refractivity contribution < 1.29 is 9.90 Å². The molecule has 1 amide bonds. The summed E-state index contributed by atoms with van der Waals surface area (Å²) in [5.74, 6) is 0.513. The van der Waals surface area contributed by atoms with E-state index >= 15 is 0 Å². The van der Waals surface area contributed by atoms with Crippen LogP contribution in [0.4, 0.5) is 0 Å². The van der Waals surface area contributed by atoms with Gasteiger partial charge in [-0.3, -0.25) is 4.79 Å². The Balaban J connectivity index is 0.00000169. The van der Waals surface area contributed by atoms with E-state index in [-0.39, 0.29) is 36.9 Å². The van der Waals surface area contributed by atoms with Gasteiger partial charge in [0, 0.05) is 12.6 Å². The van der Waals surface area contributed by atoms with Gasteiger partial charge in [0.15, 0.2) is 0 Å². The van der Waals surface area contributed by atoms with E-state index in [4.69, 9.17) is 5.11 Å². The van der Waals surface area contributed by atoms with E-state index in [0.717, 1.165) is 13.1 Å². The first-order chi connectivity index (χ1) is 6.15. The van der Waals surface area contributed by atoms with Crippen LogP contribution in [-0.2, 0) is 4.79 Å². The molecular weight excluding hydrogens is 204 g/mol. The number of aliphatic hydroxyl groups is 1. The highest BCUT2D eigenvalue weighted by molar-refractivity contribution is 5.85. The van der Waals surface area contributed by atoms with Crippen molar-refractivity contribution >= 4 is 18.3 Å². The smallest absolute Gasteiger partial charge is 0.225 e. The molecule has 0 aromatic heterocycles. The van der Waals surface area contributed by atoms with Gasteiger partial charge in [0.05, 0.1) is 12.5 Å². The molecule has 0 bridgehead atoms. The molecule has 0 spiro atoms. The van der Waals surface area contributed by atoms with Gasteiger partial charge in [-0.05, 0) is 19.4 Å². The van der Waals surface area contributed by atoms with Gasteiger partial charge in [-0.25, -0.2) is 0 Å². The molecule has 84 valence electrons. The predicted octanol–water partition coefficient (Wildman–Crippen LogP) is -0.239. The predicted molar refractivity (Wildman–Crippen MR) is 57.5 cm³/mol. The number of halogens is 1. The molecule has 3 atom stereocenters. The fourth-order valence-electron chi connectivity index (χ4n) is 1.56. The zero-order chi connectivity index (χ0) is 9.84. The van der Waals surface area contributed by atoms with Crippen molar-refractivity contribution in [2.75, 3.05) is 19.7 Å². The zero-order valence-corrected chi connectivity index (χ0v) is 9.43. The molecule has 1 rings (SSSR count). The third-order valence-electron chi connectivity index (χ3n) is 2.52. The SMILES string of the molecule is CC(CO)NC(=O)[C@@H]1CNC[C@H]1C.Cl. The number of amides is 1. The van der Waals surface area contributed by atoms with Crippen LogP contribution in [0, 0.1) is 11.8 Å². The number of hydrogen-bond donors (Lipinski definition) is 3. The Kier molecular flexibility index (Phi) is 6.08. The first kappa shape index (κ1) is 13.7. The lowest BCUT2D eigenvalue weighted by molar-refractivity contribution is -0.126. The molecule has 1 aliphatic heterocycles. The van der Waals surface area contributed by atoms with Crippen molar-refractivity contribution in [2.45, 2.75) is 19.9 Å². The lowest BCUT2D eigenvalue weighted by Gasteiger charge is -2.17. The number of carbonyl (C=O) groups is 1. The van der Waals surface area contributed by atoms with Crippen molar-refractivity contribution in [1.82, 2.24) is 10.6 Å². The van der Waals surface area contributed by atoms with Crippen molar-refractivity contribution in [2.24, 2.45) is 11.8 Å². The molecule has 3 N–H and O–H groups in total. The third-order valence-corrected chi connectivity index (χ3v) is 2.52. The normalized spacial score (nSPS) is 27.9. The van der Waals surface area contributed by atoms with E-state index in [1.165, 1.54) is 0 Å². The number of nitrogens with one attached hydrogen (secondary N) is 2. The number of carbonyl (C=O) groups excluding carboxylic acids is 1. The van der Waals surface area contributed by atoms with E-state index in [1.54, 1.807) is 6.92 Å². The summed E-state index contributed by atoms with van der Waals surface area (Å²) < 4.78 is 0. The van der Waals surface area contributed by atoms with Crippen molar-refractivity contribution in [3.63, 3.8) is 0 Å². The van der Waals surface area contributed by atoms with Gasteiger partial charge in [-0.2, -0.15) is 0 Å². The van der Waals surface area contributed by atoms with Crippen molar-refractivity contribution in [3.8, 4) is 0 Å². The Morgan fingerprint density at radius 2 is 2.29 bits per heavy atom. The zero-order valence-electron chi connectivity index (χ0n) is 8.62. The quantitative estimate of drug-likeness (QED) is 0.618. The number of hydrogen-bond acceptors (Lipinski definition) is 3. The molecule has 14 heavy (non-hydrogen) atoms. The topological polar surface area (TPSA) is 61.4 Å². The highest BCUT2D eigenvalue weighted by atomic mass is 35.5. The molecule has 1 saturated heterocycles. The monoisotopic (exact) mass is 222 g/mol. The summed E-state index contributed by atoms with van der Waals surface area (Å²) >= 11 is 0. The van der Waals surface area contributed by atoms with Gasteiger partial charge in [-0.15, -0.1) is 12.4 Å². The standard InChI is InChI=1S/C9H18N2O2.ClH/c1-6-3-10-4-8(6)9(13)11-7(2)5-12;/h6-8,10,12H,3-5H2,1-2H3,(H,11,13);1H/t6-,7?,8-;/m1./s1. The third kappa shape index (κ3) is 3.44. The van der Waals surface area contributed by atoms with E-state index in [0.29, 0.717) is 5.92 Å². The summed E-state index contributed by atoms with van der Waals surface area (Å²) in [5.41, 5.74) is 0. The Hall–Kier alpha value is -0.320. The molecule has 0 aliphatic carbocycles. The maximum absolute atomic E-state index is 11.6. The molecule has 5 heteroatoms. The Labute approximate surface area is 90.9 Å². The van der Waals surface area contributed by atoms with Crippen LogP contribution in [0.3, 0.4) is 0 Å². The lowest BCUT2D eigenvalue weighted by Crippen LogP contribution is -2.41. The molecule has 1 unspecified atom stereocenters. The van der Waals surface area contributed by atoms with Crippen LogP contribution in [0.5, 0.6) is 0 Å². The summed E-state index contributed by atoms with van der Waals surface area (Å²) in [6.07, 6.45) is 0. The van der Waals surface area contributed by atoms with Crippen molar-refractivity contribution in [3.05, 3.63) is 0 Å². The maximum Gasteiger partial charge on any atom is 0.225 e. The molecule has 0 radical (unpaired) electrons.